The van der Waals surface area contributed by atoms with Crippen LogP contribution in [0.2, 0.25) is 5.02 Å². The van der Waals surface area contributed by atoms with Gasteiger partial charge in [-0.3, -0.25) is 25.0 Å². The average Bonchev–Trinajstić information content (AvgIpc) is 2.55. The zero-order chi connectivity index (χ0) is 17.9. The van der Waals surface area contributed by atoms with Gasteiger partial charge in [0.15, 0.2) is 5.02 Å². The Morgan fingerprint density at radius 3 is 2.00 bits per heavy atom. The molecule has 0 atom stereocenters. The van der Waals surface area contributed by atoms with Crippen molar-refractivity contribution in [3.8, 4) is 6.07 Å². The molecule has 24 heavy (non-hydrogen) atoms. The Morgan fingerprint density at radius 1 is 1.08 bits per heavy atom. The quantitative estimate of drug-likeness (QED) is 0.665. The van der Waals surface area contributed by atoms with Gasteiger partial charge in [-0.25, -0.2) is 0 Å². The maximum atomic E-state index is 12.2. The molecule has 0 bridgehead atoms. The summed E-state index contributed by atoms with van der Waals surface area (Å²) in [5.41, 5.74) is -1.07. The van der Waals surface area contributed by atoms with Gasteiger partial charge in [0.2, 0.25) is 0 Å². The second-order valence-corrected chi connectivity index (χ2v) is 4.86. The number of nitriles is 1. The zero-order valence-electron chi connectivity index (χ0n) is 11.7. The molecule has 0 aliphatic heterocycles. The molecule has 0 saturated carbocycles. The molecular formula is C14H7ClN4O5. The smallest absolute Gasteiger partial charge is 0.295 e. The fraction of sp³-hybridized carbons (Fsp3) is 0. The molecule has 0 aliphatic rings. The Kier molecular flexibility index (Phi) is 4.72. The fourth-order valence-electron chi connectivity index (χ4n) is 1.82. The van der Waals surface area contributed by atoms with Crippen LogP contribution in [0.3, 0.4) is 0 Å². The standard InChI is InChI=1S/C14H7ClN4O5/c15-13-11(18(21)22)5-9(6-12(13)19(23)24)14(20)17-10-3-1-8(7-16)2-4-10/h1-6H,(H,17,20). The molecule has 120 valence electrons. The van der Waals surface area contributed by atoms with Crippen molar-refractivity contribution in [1.29, 1.82) is 5.26 Å². The summed E-state index contributed by atoms with van der Waals surface area (Å²) in [6, 6.07) is 9.45. The predicted octanol–water partition coefficient (Wildman–Crippen LogP) is 3.28. The molecule has 0 saturated heterocycles. The first kappa shape index (κ1) is 16.9. The van der Waals surface area contributed by atoms with Crippen molar-refractivity contribution in [2.75, 3.05) is 5.32 Å². The molecule has 2 rings (SSSR count). The number of nitrogens with one attached hydrogen (secondary N) is 1. The van der Waals surface area contributed by atoms with Gasteiger partial charge in [-0.15, -0.1) is 0 Å². The van der Waals surface area contributed by atoms with E-state index in [2.05, 4.69) is 5.32 Å². The maximum absolute atomic E-state index is 12.2. The van der Waals surface area contributed by atoms with Gasteiger partial charge in [0, 0.05) is 17.8 Å². The second kappa shape index (κ2) is 6.72. The number of hydrogen-bond donors (Lipinski definition) is 1. The molecule has 2 aromatic rings. The van der Waals surface area contributed by atoms with E-state index in [0.29, 0.717) is 11.3 Å². The summed E-state index contributed by atoms with van der Waals surface area (Å²) in [6.07, 6.45) is 0. The second-order valence-electron chi connectivity index (χ2n) is 4.49. The molecule has 0 unspecified atom stereocenters. The third kappa shape index (κ3) is 3.45. The van der Waals surface area contributed by atoms with Gasteiger partial charge in [0.05, 0.1) is 27.0 Å². The van der Waals surface area contributed by atoms with Crippen LogP contribution >= 0.6 is 11.6 Å². The molecule has 9 nitrogen and oxygen atoms in total. The normalized spacial score (nSPS) is 9.83. The molecule has 1 N–H and O–H groups in total. The van der Waals surface area contributed by atoms with Gasteiger partial charge in [-0.05, 0) is 24.3 Å². The first-order chi connectivity index (χ1) is 11.3. The molecule has 0 aromatic heterocycles. The third-order valence-corrected chi connectivity index (χ3v) is 3.35. The van der Waals surface area contributed by atoms with E-state index in [1.807, 2.05) is 6.07 Å². The van der Waals surface area contributed by atoms with E-state index in [0.717, 1.165) is 12.1 Å². The van der Waals surface area contributed by atoms with E-state index in [1.54, 1.807) is 0 Å². The molecule has 10 heteroatoms. The van der Waals surface area contributed by atoms with Crippen LogP contribution in [0.4, 0.5) is 17.1 Å². The van der Waals surface area contributed by atoms with Gasteiger partial charge in [-0.1, -0.05) is 11.6 Å². The highest BCUT2D eigenvalue weighted by Gasteiger charge is 2.27. The minimum atomic E-state index is -0.909. The number of nitro benzene ring substituents is 2. The number of benzene rings is 2. The SMILES string of the molecule is N#Cc1ccc(NC(=O)c2cc([N+](=O)[O-])c(Cl)c([N+](=O)[O-])c2)cc1. The molecule has 0 heterocycles. The Hall–Kier alpha value is -3.51. The molecule has 2 aromatic carbocycles. The number of carbonyl (C=O) groups is 1. The number of anilines is 1. The number of halogens is 1. The Morgan fingerprint density at radius 2 is 1.58 bits per heavy atom. The summed E-state index contributed by atoms with van der Waals surface area (Å²) in [6.45, 7) is 0. The average molecular weight is 347 g/mol. The van der Waals surface area contributed by atoms with Crippen LogP contribution < -0.4 is 5.32 Å². The summed E-state index contributed by atoms with van der Waals surface area (Å²) in [7, 11) is 0. The minimum Gasteiger partial charge on any atom is -0.322 e. The van der Waals surface area contributed by atoms with Crippen molar-refractivity contribution in [2.45, 2.75) is 0 Å². The van der Waals surface area contributed by atoms with Gasteiger partial charge in [0.1, 0.15) is 0 Å². The fourth-order valence-corrected chi connectivity index (χ4v) is 2.07. The molecule has 1 amide bonds. The topological polar surface area (TPSA) is 139 Å². The summed E-state index contributed by atoms with van der Waals surface area (Å²) in [5, 5.41) is 32.3. The highest BCUT2D eigenvalue weighted by molar-refractivity contribution is 6.35. The molecule has 0 aliphatic carbocycles. The highest BCUT2D eigenvalue weighted by Crippen LogP contribution is 2.35. The van der Waals surface area contributed by atoms with E-state index >= 15 is 0 Å². The number of carbonyl (C=O) groups excluding carboxylic acids is 1. The maximum Gasteiger partial charge on any atom is 0.295 e. The first-order valence-corrected chi connectivity index (χ1v) is 6.65. The van der Waals surface area contributed by atoms with Crippen LogP contribution in [0.15, 0.2) is 36.4 Å². The summed E-state index contributed by atoms with van der Waals surface area (Å²) < 4.78 is 0. The lowest BCUT2D eigenvalue weighted by molar-refractivity contribution is -0.393. The van der Waals surface area contributed by atoms with Crippen molar-refractivity contribution < 1.29 is 14.6 Å². The van der Waals surface area contributed by atoms with Gasteiger partial charge in [-0.2, -0.15) is 5.26 Å². The Bertz CT molecular complexity index is 854. The Labute approximate surface area is 139 Å². The van der Waals surface area contributed by atoms with Crippen LogP contribution in [0.25, 0.3) is 0 Å². The van der Waals surface area contributed by atoms with Crippen molar-refractivity contribution in [3.05, 3.63) is 72.8 Å². The molecular weight excluding hydrogens is 340 g/mol. The number of nitro groups is 2. The molecule has 0 fully saturated rings. The van der Waals surface area contributed by atoms with Crippen LogP contribution in [0, 0.1) is 31.6 Å². The van der Waals surface area contributed by atoms with Crippen molar-refractivity contribution >= 4 is 34.6 Å². The summed E-state index contributed by atoms with van der Waals surface area (Å²) in [5.74, 6) is -0.789. The van der Waals surface area contributed by atoms with E-state index in [-0.39, 0.29) is 5.56 Å². The Balaban J connectivity index is 2.39. The van der Waals surface area contributed by atoms with Gasteiger partial charge in [0.25, 0.3) is 17.3 Å². The lowest BCUT2D eigenvalue weighted by Crippen LogP contribution is -2.13. The monoisotopic (exact) mass is 346 g/mol. The lowest BCUT2D eigenvalue weighted by Gasteiger charge is -2.06. The van der Waals surface area contributed by atoms with Gasteiger partial charge >= 0.3 is 0 Å². The minimum absolute atomic E-state index is 0.290. The van der Waals surface area contributed by atoms with E-state index < -0.39 is 32.2 Å². The number of amides is 1. The summed E-state index contributed by atoms with van der Waals surface area (Å²) in [4.78, 5) is 32.2. The first-order valence-electron chi connectivity index (χ1n) is 6.27. The lowest BCUT2D eigenvalue weighted by atomic mass is 10.1. The van der Waals surface area contributed by atoms with Crippen LogP contribution in [-0.2, 0) is 0 Å². The van der Waals surface area contributed by atoms with E-state index in [4.69, 9.17) is 16.9 Å². The van der Waals surface area contributed by atoms with Crippen molar-refractivity contribution in [1.82, 2.24) is 0 Å². The van der Waals surface area contributed by atoms with Crippen LogP contribution in [0.1, 0.15) is 15.9 Å². The van der Waals surface area contributed by atoms with Gasteiger partial charge < -0.3 is 5.32 Å². The number of hydrogen-bond acceptors (Lipinski definition) is 6. The van der Waals surface area contributed by atoms with Crippen molar-refractivity contribution in [3.63, 3.8) is 0 Å². The number of nitrogens with zero attached hydrogens (tertiary/aromatic N) is 3. The van der Waals surface area contributed by atoms with E-state index in [9.17, 15) is 25.0 Å². The van der Waals surface area contributed by atoms with Crippen LogP contribution in [0.5, 0.6) is 0 Å². The number of rotatable bonds is 4. The molecule has 0 spiro atoms. The largest absolute Gasteiger partial charge is 0.322 e. The third-order valence-electron chi connectivity index (χ3n) is 2.96. The van der Waals surface area contributed by atoms with E-state index in [1.165, 1.54) is 24.3 Å². The summed E-state index contributed by atoms with van der Waals surface area (Å²) >= 11 is 5.62. The highest BCUT2D eigenvalue weighted by atomic mass is 35.5. The van der Waals surface area contributed by atoms with Crippen molar-refractivity contribution in [2.24, 2.45) is 0 Å². The zero-order valence-corrected chi connectivity index (χ0v) is 12.5. The van der Waals surface area contributed by atoms with Crippen LogP contribution in [-0.4, -0.2) is 15.8 Å². The predicted molar refractivity (Wildman–Crippen MR) is 83.9 cm³/mol. The molecule has 0 radical (unpaired) electrons.